The lowest BCUT2D eigenvalue weighted by atomic mass is 9.94. The number of carbonyl (C=O) groups is 3. The number of nitrogens with one attached hydrogen (secondary N) is 4. The normalized spacial score (nSPS) is 15.1. The number of anilines is 2. The molecule has 15 heteroatoms. The van der Waals surface area contributed by atoms with Crippen LogP contribution in [0.15, 0.2) is 48.5 Å². The van der Waals surface area contributed by atoms with E-state index in [1.54, 1.807) is 66.9 Å². The van der Waals surface area contributed by atoms with E-state index in [1.807, 2.05) is 0 Å². The lowest BCUT2D eigenvalue weighted by Crippen LogP contribution is -2.48. The van der Waals surface area contributed by atoms with E-state index < -0.39 is 33.8 Å². The number of amides is 3. The number of aromatic amines is 2. The lowest BCUT2D eigenvalue weighted by molar-refractivity contribution is -0.145. The second kappa shape index (κ2) is 10.2. The molecule has 1 fully saturated rings. The molecular formula is C23H25N7O5S3. The first kappa shape index (κ1) is 27.4. The van der Waals surface area contributed by atoms with Crippen molar-refractivity contribution in [1.29, 1.82) is 0 Å². The minimum Gasteiger partial charge on any atom is -0.322 e. The van der Waals surface area contributed by atoms with Crippen molar-refractivity contribution in [2.24, 2.45) is 5.41 Å². The number of aromatic nitrogens is 3. The molecule has 4 rings (SSSR count). The first-order chi connectivity index (χ1) is 17.8. The van der Waals surface area contributed by atoms with Gasteiger partial charge in [-0.1, -0.05) is 6.07 Å². The Morgan fingerprint density at radius 1 is 1.03 bits per heavy atom. The summed E-state index contributed by atoms with van der Waals surface area (Å²) in [7, 11) is -3.62. The Balaban J connectivity index is 1.52. The highest BCUT2D eigenvalue weighted by Crippen LogP contribution is 2.33. The smallest absolute Gasteiger partial charge is 0.263 e. The Bertz CT molecular complexity index is 1610. The Kier molecular flexibility index (Phi) is 7.38. The van der Waals surface area contributed by atoms with Crippen molar-refractivity contribution >= 4 is 63.6 Å². The van der Waals surface area contributed by atoms with Crippen LogP contribution < -0.4 is 15.0 Å². The zero-order chi connectivity index (χ0) is 27.8. The standard InChI is InChI=1S/C23H25N7O5S3/c1-23(2)13-28(30(20(23)33)18(31)12-24-38(3,34)35)16-9-7-14(8-10-16)19(32)25-15-5-4-6-17(11-15)29-21(36)26-27-22(29)37/h4-11,24H,12-13H2,1-3H3,(H,25,32)(H,26,36)(H,27,37). The van der Waals surface area contributed by atoms with Gasteiger partial charge in [-0.2, -0.15) is 5.01 Å². The Morgan fingerprint density at radius 2 is 1.66 bits per heavy atom. The van der Waals surface area contributed by atoms with E-state index in [2.05, 4.69) is 20.2 Å². The molecule has 0 aliphatic carbocycles. The molecule has 2 aromatic carbocycles. The van der Waals surface area contributed by atoms with E-state index in [0.29, 0.717) is 32.2 Å². The van der Waals surface area contributed by atoms with Crippen LogP contribution >= 0.6 is 24.4 Å². The summed E-state index contributed by atoms with van der Waals surface area (Å²) < 4.78 is 27.3. The molecule has 0 bridgehead atoms. The summed E-state index contributed by atoms with van der Waals surface area (Å²) in [6.07, 6.45) is 0.929. The van der Waals surface area contributed by atoms with Crippen LogP contribution in [0.4, 0.5) is 11.4 Å². The zero-order valence-corrected chi connectivity index (χ0v) is 23.1. The average Bonchev–Trinajstić information content (AvgIpc) is 3.31. The molecule has 1 aliphatic rings. The number of hydrogen-bond acceptors (Lipinski definition) is 8. The van der Waals surface area contributed by atoms with Gasteiger partial charge in [0, 0.05) is 11.3 Å². The number of rotatable bonds is 7. The molecule has 0 unspecified atom stereocenters. The SMILES string of the molecule is CC1(C)CN(c2ccc(C(=O)Nc3cccc(-n4c(=S)[nH][nH]c4=S)c3)cc2)N(C(=O)CNS(C)(=O)=O)C1=O. The van der Waals surface area contributed by atoms with Gasteiger partial charge in [0.05, 0.1) is 36.1 Å². The predicted molar refractivity (Wildman–Crippen MR) is 146 cm³/mol. The summed E-state index contributed by atoms with van der Waals surface area (Å²) in [6, 6.07) is 13.4. The average molecular weight is 576 g/mol. The lowest BCUT2D eigenvalue weighted by Gasteiger charge is -2.28. The molecule has 1 saturated heterocycles. The topological polar surface area (TPSA) is 152 Å². The van der Waals surface area contributed by atoms with Crippen LogP contribution in [0.3, 0.4) is 0 Å². The number of nitrogens with zero attached hydrogens (tertiary/aromatic N) is 3. The molecular weight excluding hydrogens is 550 g/mol. The number of H-pyrrole nitrogens is 2. The molecule has 12 nitrogen and oxygen atoms in total. The van der Waals surface area contributed by atoms with Crippen LogP contribution in [0.2, 0.25) is 0 Å². The van der Waals surface area contributed by atoms with Crippen LogP contribution in [0.25, 0.3) is 5.69 Å². The molecule has 1 aromatic heterocycles. The van der Waals surface area contributed by atoms with Gasteiger partial charge in [0.2, 0.25) is 10.0 Å². The molecule has 0 atom stereocenters. The van der Waals surface area contributed by atoms with Gasteiger partial charge in [0.1, 0.15) is 0 Å². The first-order valence-electron chi connectivity index (χ1n) is 11.3. The molecule has 0 radical (unpaired) electrons. The summed E-state index contributed by atoms with van der Waals surface area (Å²) in [5, 5.41) is 10.8. The van der Waals surface area contributed by atoms with Gasteiger partial charge in [0.25, 0.3) is 17.7 Å². The summed E-state index contributed by atoms with van der Waals surface area (Å²) in [5.41, 5.74) is 1.15. The van der Waals surface area contributed by atoms with Crippen LogP contribution in [0, 0.1) is 15.0 Å². The molecule has 2 heterocycles. The van der Waals surface area contributed by atoms with Crippen molar-refractivity contribution in [3.8, 4) is 5.69 Å². The van der Waals surface area contributed by atoms with Crippen molar-refractivity contribution in [1.82, 2.24) is 24.5 Å². The summed E-state index contributed by atoms with van der Waals surface area (Å²) in [6.45, 7) is 3.03. The number of sulfonamides is 1. The fraction of sp³-hybridized carbons (Fsp3) is 0.261. The highest BCUT2D eigenvalue weighted by Gasteiger charge is 2.47. The maximum absolute atomic E-state index is 12.9. The fourth-order valence-corrected chi connectivity index (χ4v) is 4.83. The first-order valence-corrected chi connectivity index (χ1v) is 14.0. The Labute approximate surface area is 228 Å². The highest BCUT2D eigenvalue weighted by molar-refractivity contribution is 7.88. The molecule has 38 heavy (non-hydrogen) atoms. The summed E-state index contributed by atoms with van der Waals surface area (Å²) in [4.78, 5) is 38.6. The molecule has 3 amide bonds. The van der Waals surface area contributed by atoms with Crippen molar-refractivity contribution in [3.63, 3.8) is 0 Å². The summed E-state index contributed by atoms with van der Waals surface area (Å²) in [5.74, 6) is -1.54. The third-order valence-corrected chi connectivity index (χ3v) is 6.99. The number of hydrogen-bond donors (Lipinski definition) is 4. The van der Waals surface area contributed by atoms with Crippen molar-refractivity contribution in [2.75, 3.05) is 29.7 Å². The zero-order valence-electron chi connectivity index (χ0n) is 20.6. The van der Waals surface area contributed by atoms with Gasteiger partial charge in [-0.05, 0) is 80.7 Å². The molecule has 0 spiro atoms. The molecule has 200 valence electrons. The van der Waals surface area contributed by atoms with Crippen molar-refractivity contribution in [3.05, 3.63) is 63.6 Å². The molecule has 4 N–H and O–H groups in total. The Morgan fingerprint density at radius 3 is 2.26 bits per heavy atom. The number of hydrazine groups is 1. The number of carbonyl (C=O) groups excluding carboxylic acids is 3. The number of benzene rings is 2. The predicted octanol–water partition coefficient (Wildman–Crippen LogP) is 2.51. The maximum atomic E-state index is 12.9. The molecule has 0 saturated carbocycles. The van der Waals surface area contributed by atoms with Crippen LogP contribution in [-0.4, -0.2) is 65.3 Å². The second-order valence-electron chi connectivity index (χ2n) is 9.29. The van der Waals surface area contributed by atoms with E-state index in [9.17, 15) is 22.8 Å². The second-order valence-corrected chi connectivity index (χ2v) is 11.9. The van der Waals surface area contributed by atoms with Crippen LogP contribution in [0.5, 0.6) is 0 Å². The fourth-order valence-electron chi connectivity index (χ4n) is 3.89. The van der Waals surface area contributed by atoms with Gasteiger partial charge in [0.15, 0.2) is 9.54 Å². The molecule has 1 aliphatic heterocycles. The minimum atomic E-state index is -3.62. The monoisotopic (exact) mass is 575 g/mol. The maximum Gasteiger partial charge on any atom is 0.263 e. The molecule has 3 aromatic rings. The summed E-state index contributed by atoms with van der Waals surface area (Å²) >= 11 is 10.5. The van der Waals surface area contributed by atoms with Gasteiger partial charge in [-0.25, -0.2) is 13.1 Å². The van der Waals surface area contributed by atoms with E-state index >= 15 is 0 Å². The van der Waals surface area contributed by atoms with Gasteiger partial charge < -0.3 is 5.32 Å². The number of imide groups is 1. The minimum absolute atomic E-state index is 0.193. The van der Waals surface area contributed by atoms with E-state index in [-0.39, 0.29) is 12.5 Å². The van der Waals surface area contributed by atoms with Crippen LogP contribution in [0.1, 0.15) is 24.2 Å². The van der Waals surface area contributed by atoms with Gasteiger partial charge in [-0.15, -0.1) is 0 Å². The highest BCUT2D eigenvalue weighted by atomic mass is 32.2. The van der Waals surface area contributed by atoms with Crippen molar-refractivity contribution < 1.29 is 22.8 Å². The van der Waals surface area contributed by atoms with Crippen LogP contribution in [-0.2, 0) is 19.6 Å². The third kappa shape index (κ3) is 5.75. The van der Waals surface area contributed by atoms with Gasteiger partial charge in [-0.3, -0.25) is 34.2 Å². The van der Waals surface area contributed by atoms with E-state index in [0.717, 1.165) is 11.3 Å². The largest absolute Gasteiger partial charge is 0.322 e. The van der Waals surface area contributed by atoms with E-state index in [1.165, 1.54) is 5.01 Å². The third-order valence-electron chi connectivity index (χ3n) is 5.75. The Hall–Kier alpha value is -3.66. The quantitative estimate of drug-likeness (QED) is 0.314. The van der Waals surface area contributed by atoms with Gasteiger partial charge >= 0.3 is 0 Å². The van der Waals surface area contributed by atoms with Crippen molar-refractivity contribution in [2.45, 2.75) is 13.8 Å². The van der Waals surface area contributed by atoms with E-state index in [4.69, 9.17) is 24.4 Å².